The summed E-state index contributed by atoms with van der Waals surface area (Å²) in [4.78, 5) is 0. The predicted octanol–water partition coefficient (Wildman–Crippen LogP) is 9.87. The van der Waals surface area contributed by atoms with Gasteiger partial charge in [-0.3, -0.25) is 0 Å². The van der Waals surface area contributed by atoms with E-state index in [9.17, 15) is 5.11 Å². The van der Waals surface area contributed by atoms with Crippen LogP contribution < -0.4 is 0 Å². The van der Waals surface area contributed by atoms with Crippen molar-refractivity contribution in [3.8, 4) is 0 Å². The molecule has 0 bridgehead atoms. The van der Waals surface area contributed by atoms with Crippen LogP contribution in [0.4, 0.5) is 0 Å². The van der Waals surface area contributed by atoms with Crippen molar-refractivity contribution in [2.75, 3.05) is 0 Å². The zero-order valence-corrected chi connectivity index (χ0v) is 27.1. The van der Waals surface area contributed by atoms with Gasteiger partial charge in [0.05, 0.1) is 12.2 Å². The molecule has 37 heavy (non-hydrogen) atoms. The highest BCUT2D eigenvalue weighted by molar-refractivity contribution is 6.74. The fourth-order valence-corrected chi connectivity index (χ4v) is 8.77. The Morgan fingerprint density at radius 2 is 1.78 bits per heavy atom. The highest BCUT2D eigenvalue weighted by Gasteiger charge is 2.50. The summed E-state index contributed by atoms with van der Waals surface area (Å²) in [6, 6.07) is 0. The SMILES string of the molecule is C=C1/C(=C\C=C2/CCC[C@]3(C)[C@@H]([C@H](C)CC[C@H](C)C(C)C)CC[C@@H]23)C[C@@H](O[Si](C)(C)C(C)(C)C)C[C@@H]1O. The molecular formula is C34H60O2Si. The Hall–Kier alpha value is -0.643. The third kappa shape index (κ3) is 6.93. The first-order valence-electron chi connectivity index (χ1n) is 15.5. The molecule has 0 heterocycles. The zero-order chi connectivity index (χ0) is 27.8. The molecule has 3 saturated carbocycles. The summed E-state index contributed by atoms with van der Waals surface area (Å²) in [6.07, 6.45) is 15.3. The lowest BCUT2D eigenvalue weighted by molar-refractivity contribution is 0.0903. The van der Waals surface area contributed by atoms with Gasteiger partial charge in [0.25, 0.3) is 0 Å². The maximum absolute atomic E-state index is 10.8. The van der Waals surface area contributed by atoms with Gasteiger partial charge >= 0.3 is 0 Å². The van der Waals surface area contributed by atoms with Crippen LogP contribution in [0.2, 0.25) is 18.1 Å². The molecule has 0 saturated heterocycles. The van der Waals surface area contributed by atoms with Gasteiger partial charge in [0, 0.05) is 6.42 Å². The van der Waals surface area contributed by atoms with Crippen LogP contribution in [0, 0.1) is 35.0 Å². The average molecular weight is 529 g/mol. The number of fused-ring (bicyclic) bond motifs is 1. The second-order valence-electron chi connectivity index (χ2n) is 15.3. The van der Waals surface area contributed by atoms with E-state index in [1.807, 2.05) is 0 Å². The van der Waals surface area contributed by atoms with Crippen LogP contribution in [0.15, 0.2) is 35.5 Å². The quantitative estimate of drug-likeness (QED) is 0.318. The van der Waals surface area contributed by atoms with Crippen molar-refractivity contribution in [2.45, 2.75) is 144 Å². The van der Waals surface area contributed by atoms with E-state index in [4.69, 9.17) is 4.43 Å². The molecule has 7 atom stereocenters. The number of hydrogen-bond donors (Lipinski definition) is 1. The molecule has 212 valence electrons. The van der Waals surface area contributed by atoms with Crippen molar-refractivity contribution >= 4 is 8.32 Å². The van der Waals surface area contributed by atoms with Crippen LogP contribution in [0.5, 0.6) is 0 Å². The second-order valence-corrected chi connectivity index (χ2v) is 20.0. The van der Waals surface area contributed by atoms with Gasteiger partial charge < -0.3 is 9.53 Å². The number of hydrogen-bond acceptors (Lipinski definition) is 2. The van der Waals surface area contributed by atoms with Crippen LogP contribution in [0.3, 0.4) is 0 Å². The fourth-order valence-electron chi connectivity index (χ4n) is 7.41. The Balaban J connectivity index is 1.74. The number of aliphatic hydroxyl groups is 1. The molecule has 0 unspecified atom stereocenters. The van der Waals surface area contributed by atoms with Gasteiger partial charge in [-0.25, -0.2) is 0 Å². The maximum atomic E-state index is 10.8. The van der Waals surface area contributed by atoms with E-state index in [0.29, 0.717) is 17.8 Å². The minimum absolute atomic E-state index is 0.0904. The molecule has 1 N–H and O–H groups in total. The molecule has 3 aliphatic rings. The normalized spacial score (nSPS) is 35.3. The van der Waals surface area contributed by atoms with Gasteiger partial charge in [-0.15, -0.1) is 0 Å². The smallest absolute Gasteiger partial charge is 0.192 e. The molecule has 0 radical (unpaired) electrons. The summed E-state index contributed by atoms with van der Waals surface area (Å²) in [5, 5.41) is 11.0. The van der Waals surface area contributed by atoms with E-state index in [1.165, 1.54) is 50.5 Å². The van der Waals surface area contributed by atoms with E-state index < -0.39 is 14.4 Å². The minimum atomic E-state index is -1.88. The summed E-state index contributed by atoms with van der Waals surface area (Å²) in [5.74, 6) is 3.99. The predicted molar refractivity (Wildman–Crippen MR) is 163 cm³/mol. The molecule has 3 fully saturated rings. The number of rotatable bonds is 8. The monoisotopic (exact) mass is 528 g/mol. The second kappa shape index (κ2) is 11.8. The summed E-state index contributed by atoms with van der Waals surface area (Å²) >= 11 is 0. The lowest BCUT2D eigenvalue weighted by Gasteiger charge is -2.44. The third-order valence-electron chi connectivity index (χ3n) is 11.5. The van der Waals surface area contributed by atoms with Gasteiger partial charge in [0.2, 0.25) is 0 Å². The van der Waals surface area contributed by atoms with E-state index in [1.54, 1.807) is 5.57 Å². The van der Waals surface area contributed by atoms with Crippen molar-refractivity contribution in [1.82, 2.24) is 0 Å². The Morgan fingerprint density at radius 1 is 1.11 bits per heavy atom. The summed E-state index contributed by atoms with van der Waals surface area (Å²) in [7, 11) is -1.88. The average Bonchev–Trinajstić information content (AvgIpc) is 3.15. The molecule has 0 aromatic heterocycles. The molecule has 0 aromatic rings. The summed E-state index contributed by atoms with van der Waals surface area (Å²) in [6.45, 7) is 28.1. The molecule has 0 spiro atoms. The van der Waals surface area contributed by atoms with Crippen molar-refractivity contribution in [3.05, 3.63) is 35.5 Å². The van der Waals surface area contributed by atoms with Gasteiger partial charge in [-0.1, -0.05) is 92.5 Å². The van der Waals surface area contributed by atoms with E-state index >= 15 is 0 Å². The van der Waals surface area contributed by atoms with E-state index in [-0.39, 0.29) is 11.1 Å². The molecule has 0 aromatic carbocycles. The topological polar surface area (TPSA) is 29.5 Å². The van der Waals surface area contributed by atoms with Crippen LogP contribution >= 0.6 is 0 Å². The molecule has 2 nitrogen and oxygen atoms in total. The van der Waals surface area contributed by atoms with Crippen molar-refractivity contribution in [3.63, 3.8) is 0 Å². The molecule has 3 aliphatic carbocycles. The zero-order valence-electron chi connectivity index (χ0n) is 26.1. The summed E-state index contributed by atoms with van der Waals surface area (Å²) in [5.41, 5.74) is 4.21. The van der Waals surface area contributed by atoms with Crippen LogP contribution in [-0.2, 0) is 4.43 Å². The van der Waals surface area contributed by atoms with Gasteiger partial charge in [-0.2, -0.15) is 0 Å². The Labute approximate surface area is 231 Å². The van der Waals surface area contributed by atoms with Gasteiger partial charge in [0.15, 0.2) is 8.32 Å². The highest BCUT2D eigenvalue weighted by Crippen LogP contribution is 2.60. The minimum Gasteiger partial charge on any atom is -0.413 e. The lowest BCUT2D eigenvalue weighted by atomic mass is 9.60. The summed E-state index contributed by atoms with van der Waals surface area (Å²) < 4.78 is 6.74. The first-order chi connectivity index (χ1) is 17.1. The fraction of sp³-hybridized carbons (Fsp3) is 0.824. The molecular weight excluding hydrogens is 468 g/mol. The molecule has 3 heteroatoms. The lowest BCUT2D eigenvalue weighted by Crippen LogP contribution is -2.46. The van der Waals surface area contributed by atoms with E-state index in [2.05, 4.69) is 87.2 Å². The van der Waals surface area contributed by atoms with Gasteiger partial charge in [0.1, 0.15) is 0 Å². The van der Waals surface area contributed by atoms with Crippen molar-refractivity contribution < 1.29 is 9.53 Å². The van der Waals surface area contributed by atoms with Gasteiger partial charge in [-0.05, 0) is 103 Å². The van der Waals surface area contributed by atoms with Crippen molar-refractivity contribution in [2.24, 2.45) is 35.0 Å². The van der Waals surface area contributed by atoms with Crippen LogP contribution in [-0.4, -0.2) is 25.6 Å². The Morgan fingerprint density at radius 3 is 2.41 bits per heavy atom. The molecule has 0 amide bonds. The Kier molecular flexibility index (Phi) is 9.89. The number of aliphatic hydroxyl groups excluding tert-OH is 1. The van der Waals surface area contributed by atoms with Crippen molar-refractivity contribution in [1.29, 1.82) is 0 Å². The molecule has 0 aliphatic heterocycles. The largest absolute Gasteiger partial charge is 0.413 e. The highest BCUT2D eigenvalue weighted by atomic mass is 28.4. The van der Waals surface area contributed by atoms with Crippen LogP contribution in [0.1, 0.15) is 113 Å². The van der Waals surface area contributed by atoms with Crippen LogP contribution in [0.25, 0.3) is 0 Å². The Bertz CT molecular complexity index is 860. The number of allylic oxidation sites excluding steroid dienone is 3. The third-order valence-corrected chi connectivity index (χ3v) is 16.0. The maximum Gasteiger partial charge on any atom is 0.192 e. The first kappa shape index (κ1) is 30.9. The molecule has 3 rings (SSSR count). The standard InChI is InChI=1S/C34H60O2Si/c1-23(2)24(3)14-15-25(4)30-18-19-31-27(13-12-20-34(30,31)9)16-17-28-21-29(22-32(35)26(28)5)36-37(10,11)33(6,7)8/h16-17,23-25,29-32,35H,5,12-15,18-22H2,1-4,6-11H3/b27-16+,28-17-/t24-,25+,29+,30+,31-,32-,34+/m0/s1. The first-order valence-corrected chi connectivity index (χ1v) is 18.4. The van der Waals surface area contributed by atoms with E-state index in [0.717, 1.165) is 35.7 Å².